The second-order valence-electron chi connectivity index (χ2n) is 6.21. The van der Waals surface area contributed by atoms with Gasteiger partial charge in [0, 0.05) is 12.7 Å². The van der Waals surface area contributed by atoms with Gasteiger partial charge in [-0.05, 0) is 39.7 Å². The first kappa shape index (κ1) is 20.4. The van der Waals surface area contributed by atoms with Crippen LogP contribution in [0.4, 0.5) is 5.69 Å². The number of aryl methyl sites for hydroxylation is 1. The van der Waals surface area contributed by atoms with Crippen LogP contribution >= 0.6 is 0 Å². The molecule has 0 aliphatic heterocycles. The molecule has 1 N–H and O–H groups in total. The SMILES string of the molecule is CCCCC[C@@](C)(OCCC)C(=O)Nc1ccc(OCC)nc1C. The van der Waals surface area contributed by atoms with Crippen LogP contribution in [0.1, 0.15) is 65.5 Å². The number of unbranched alkanes of at least 4 members (excludes halogenated alkanes) is 2. The van der Waals surface area contributed by atoms with Crippen molar-refractivity contribution in [2.24, 2.45) is 0 Å². The molecule has 0 fully saturated rings. The van der Waals surface area contributed by atoms with Crippen molar-refractivity contribution in [1.29, 1.82) is 0 Å². The number of aromatic nitrogens is 1. The lowest BCUT2D eigenvalue weighted by molar-refractivity contribution is -0.140. The summed E-state index contributed by atoms with van der Waals surface area (Å²) in [6.07, 6.45) is 4.80. The number of hydrogen-bond acceptors (Lipinski definition) is 4. The number of nitrogens with one attached hydrogen (secondary N) is 1. The molecule has 136 valence electrons. The molecular weight excluding hydrogens is 304 g/mol. The van der Waals surface area contributed by atoms with E-state index in [-0.39, 0.29) is 5.91 Å². The van der Waals surface area contributed by atoms with Crippen molar-refractivity contribution in [2.45, 2.75) is 72.3 Å². The Hall–Kier alpha value is -1.62. The van der Waals surface area contributed by atoms with Crippen LogP contribution in [0.5, 0.6) is 5.88 Å². The van der Waals surface area contributed by atoms with E-state index in [1.54, 1.807) is 6.07 Å². The van der Waals surface area contributed by atoms with Gasteiger partial charge < -0.3 is 14.8 Å². The summed E-state index contributed by atoms with van der Waals surface area (Å²) in [7, 11) is 0. The number of pyridine rings is 1. The quantitative estimate of drug-likeness (QED) is 0.605. The molecule has 5 heteroatoms. The van der Waals surface area contributed by atoms with Crippen molar-refractivity contribution in [2.75, 3.05) is 18.5 Å². The Labute approximate surface area is 146 Å². The average Bonchev–Trinajstić information content (AvgIpc) is 2.56. The van der Waals surface area contributed by atoms with Gasteiger partial charge in [-0.15, -0.1) is 0 Å². The number of hydrogen-bond donors (Lipinski definition) is 1. The Kier molecular flexibility index (Phi) is 8.76. The molecule has 1 atom stereocenters. The molecule has 5 nitrogen and oxygen atoms in total. The van der Waals surface area contributed by atoms with Gasteiger partial charge in [0.1, 0.15) is 5.60 Å². The Morgan fingerprint density at radius 3 is 2.54 bits per heavy atom. The summed E-state index contributed by atoms with van der Waals surface area (Å²) in [6, 6.07) is 3.60. The fraction of sp³-hybridized carbons (Fsp3) is 0.684. The summed E-state index contributed by atoms with van der Waals surface area (Å²) in [4.78, 5) is 17.2. The minimum absolute atomic E-state index is 0.110. The highest BCUT2D eigenvalue weighted by Gasteiger charge is 2.33. The third-order valence-electron chi connectivity index (χ3n) is 3.96. The molecule has 0 saturated heterocycles. The number of carbonyl (C=O) groups is 1. The molecule has 1 aromatic rings. The van der Waals surface area contributed by atoms with Crippen LogP contribution in [-0.4, -0.2) is 29.7 Å². The molecule has 0 spiro atoms. The second-order valence-corrected chi connectivity index (χ2v) is 6.21. The van der Waals surface area contributed by atoms with Crippen molar-refractivity contribution in [3.8, 4) is 5.88 Å². The Morgan fingerprint density at radius 1 is 1.21 bits per heavy atom. The minimum atomic E-state index is -0.809. The van der Waals surface area contributed by atoms with Gasteiger partial charge in [0.2, 0.25) is 5.88 Å². The smallest absolute Gasteiger partial charge is 0.256 e. The van der Waals surface area contributed by atoms with Crippen molar-refractivity contribution >= 4 is 11.6 Å². The summed E-state index contributed by atoms with van der Waals surface area (Å²) < 4.78 is 11.3. The topological polar surface area (TPSA) is 60.5 Å². The van der Waals surface area contributed by atoms with E-state index >= 15 is 0 Å². The normalized spacial score (nSPS) is 13.4. The van der Waals surface area contributed by atoms with E-state index in [2.05, 4.69) is 17.2 Å². The molecule has 1 amide bonds. The Bertz CT molecular complexity index is 519. The zero-order valence-corrected chi connectivity index (χ0v) is 15.8. The Morgan fingerprint density at radius 2 is 1.96 bits per heavy atom. The molecule has 0 radical (unpaired) electrons. The molecule has 0 aliphatic rings. The molecule has 1 aromatic heterocycles. The third kappa shape index (κ3) is 6.11. The highest BCUT2D eigenvalue weighted by molar-refractivity contribution is 5.97. The molecule has 0 aliphatic carbocycles. The van der Waals surface area contributed by atoms with E-state index in [1.165, 1.54) is 0 Å². The van der Waals surface area contributed by atoms with E-state index in [0.717, 1.165) is 37.8 Å². The van der Waals surface area contributed by atoms with E-state index in [1.807, 2.05) is 33.8 Å². The van der Waals surface area contributed by atoms with Gasteiger partial charge in [0.25, 0.3) is 5.91 Å². The first-order chi connectivity index (χ1) is 11.5. The summed E-state index contributed by atoms with van der Waals surface area (Å²) in [6.45, 7) is 11.0. The Balaban J connectivity index is 2.82. The maximum Gasteiger partial charge on any atom is 0.256 e. The zero-order chi connectivity index (χ0) is 18.0. The second kappa shape index (κ2) is 10.3. The maximum absolute atomic E-state index is 12.8. The van der Waals surface area contributed by atoms with E-state index in [4.69, 9.17) is 9.47 Å². The van der Waals surface area contributed by atoms with Crippen LogP contribution in [0.25, 0.3) is 0 Å². The highest BCUT2D eigenvalue weighted by atomic mass is 16.5. The van der Waals surface area contributed by atoms with Crippen molar-refractivity contribution in [1.82, 2.24) is 4.98 Å². The molecule has 0 saturated carbocycles. The predicted molar refractivity (Wildman–Crippen MR) is 97.6 cm³/mol. The summed E-state index contributed by atoms with van der Waals surface area (Å²) >= 11 is 0. The van der Waals surface area contributed by atoms with Crippen molar-refractivity contribution < 1.29 is 14.3 Å². The lowest BCUT2D eigenvalue weighted by Crippen LogP contribution is -2.43. The lowest BCUT2D eigenvalue weighted by Gasteiger charge is -2.29. The maximum atomic E-state index is 12.8. The average molecular weight is 336 g/mol. The number of ether oxygens (including phenoxy) is 2. The van der Waals surface area contributed by atoms with Gasteiger partial charge in [-0.1, -0.05) is 33.1 Å². The van der Waals surface area contributed by atoms with Crippen molar-refractivity contribution in [3.63, 3.8) is 0 Å². The fourth-order valence-electron chi connectivity index (χ4n) is 2.44. The third-order valence-corrected chi connectivity index (χ3v) is 3.96. The first-order valence-corrected chi connectivity index (χ1v) is 9.02. The van der Waals surface area contributed by atoms with Crippen LogP contribution in [0, 0.1) is 6.92 Å². The van der Waals surface area contributed by atoms with E-state index in [9.17, 15) is 4.79 Å². The molecule has 1 rings (SSSR count). The van der Waals surface area contributed by atoms with Crippen LogP contribution < -0.4 is 10.1 Å². The summed E-state index contributed by atoms with van der Waals surface area (Å²) in [5.41, 5.74) is 0.627. The number of amides is 1. The molecule has 1 heterocycles. The zero-order valence-electron chi connectivity index (χ0n) is 15.8. The predicted octanol–water partition coefficient (Wildman–Crippen LogP) is 4.49. The van der Waals surface area contributed by atoms with Crippen LogP contribution in [0.2, 0.25) is 0 Å². The first-order valence-electron chi connectivity index (χ1n) is 9.02. The van der Waals surface area contributed by atoms with E-state index in [0.29, 0.717) is 24.8 Å². The molecule has 24 heavy (non-hydrogen) atoms. The number of anilines is 1. The standard InChI is InChI=1S/C19H32N2O3/c1-6-9-10-13-19(5,24-14-7-2)18(22)21-16-11-12-17(23-8-3)20-15(16)4/h11-12H,6-10,13-14H2,1-5H3,(H,21,22)/t19-/m1/s1. The fourth-order valence-corrected chi connectivity index (χ4v) is 2.44. The summed E-state index contributed by atoms with van der Waals surface area (Å²) in [5.74, 6) is 0.460. The van der Waals surface area contributed by atoms with Gasteiger partial charge in [-0.2, -0.15) is 0 Å². The van der Waals surface area contributed by atoms with E-state index < -0.39 is 5.60 Å². The highest BCUT2D eigenvalue weighted by Crippen LogP contribution is 2.24. The van der Waals surface area contributed by atoms with Crippen LogP contribution in [-0.2, 0) is 9.53 Å². The van der Waals surface area contributed by atoms with Crippen LogP contribution in [0.15, 0.2) is 12.1 Å². The van der Waals surface area contributed by atoms with Gasteiger partial charge in [0.05, 0.1) is 18.0 Å². The molecule has 0 bridgehead atoms. The van der Waals surface area contributed by atoms with Gasteiger partial charge in [0.15, 0.2) is 0 Å². The lowest BCUT2D eigenvalue weighted by atomic mass is 9.96. The molecule has 0 aromatic carbocycles. The van der Waals surface area contributed by atoms with Crippen molar-refractivity contribution in [3.05, 3.63) is 17.8 Å². The minimum Gasteiger partial charge on any atom is -0.478 e. The number of carbonyl (C=O) groups excluding carboxylic acids is 1. The van der Waals surface area contributed by atoms with Gasteiger partial charge in [-0.25, -0.2) is 4.98 Å². The van der Waals surface area contributed by atoms with Gasteiger partial charge >= 0.3 is 0 Å². The van der Waals surface area contributed by atoms with Gasteiger partial charge in [-0.3, -0.25) is 4.79 Å². The van der Waals surface area contributed by atoms with Crippen LogP contribution in [0.3, 0.4) is 0 Å². The number of nitrogens with zero attached hydrogens (tertiary/aromatic N) is 1. The summed E-state index contributed by atoms with van der Waals surface area (Å²) in [5, 5.41) is 2.97. The molecular formula is C19H32N2O3. The monoisotopic (exact) mass is 336 g/mol. The molecule has 0 unspecified atom stereocenters. The number of rotatable bonds is 11. The largest absolute Gasteiger partial charge is 0.478 e.